The molecule has 1 fully saturated rings. The first-order chi connectivity index (χ1) is 12.5. The summed E-state index contributed by atoms with van der Waals surface area (Å²) in [4.78, 5) is 25.7. The van der Waals surface area contributed by atoms with E-state index < -0.39 is 31.0 Å². The van der Waals surface area contributed by atoms with Crippen LogP contribution >= 0.6 is 0 Å². The zero-order chi connectivity index (χ0) is 20.5. The molecule has 1 aliphatic heterocycles. The Morgan fingerprint density at radius 2 is 1.63 bits per heavy atom. The summed E-state index contributed by atoms with van der Waals surface area (Å²) in [5.74, 6) is -0.975. The van der Waals surface area contributed by atoms with Gasteiger partial charge >= 0.3 is 11.9 Å². The largest absolute Gasteiger partial charge is 0.493 e. The van der Waals surface area contributed by atoms with Crippen LogP contribution in [-0.2, 0) is 23.8 Å². The van der Waals surface area contributed by atoms with Gasteiger partial charge in [0.25, 0.3) is 0 Å². The van der Waals surface area contributed by atoms with Crippen LogP contribution in [0.4, 0.5) is 0 Å². The third-order valence-corrected chi connectivity index (χ3v) is 6.97. The number of allylic oxidation sites excluding steroid dienone is 2. The zero-order valence-electron chi connectivity index (χ0n) is 17.9. The summed E-state index contributed by atoms with van der Waals surface area (Å²) in [6, 6.07) is 0. The Morgan fingerprint density at radius 1 is 1.07 bits per heavy atom. The Morgan fingerprint density at radius 3 is 2.07 bits per heavy atom. The molecule has 0 spiro atoms. The first kappa shape index (κ1) is 21.7. The first-order valence-corrected chi connectivity index (χ1v) is 13.5. The molecular formula is C21H34O5Si. The third-order valence-electron chi connectivity index (χ3n) is 5.21. The quantitative estimate of drug-likeness (QED) is 0.360. The maximum Gasteiger partial charge on any atom is 0.324 e. The molecule has 0 radical (unpaired) electrons. The molecule has 0 aromatic heterocycles. The SMILES string of the molecule is CCCC1(C)C=C2CC(C(=O)OCC)(C(=O)OCC)CC2=C([Si](C)(C)C)O1. The van der Waals surface area contributed by atoms with Crippen LogP contribution in [0.15, 0.2) is 22.6 Å². The van der Waals surface area contributed by atoms with Gasteiger partial charge in [0, 0.05) is 6.42 Å². The number of carbonyl (C=O) groups is 2. The third kappa shape index (κ3) is 4.15. The van der Waals surface area contributed by atoms with Crippen molar-refractivity contribution in [2.45, 2.75) is 78.6 Å². The van der Waals surface area contributed by atoms with E-state index in [0.717, 1.165) is 29.4 Å². The number of hydrogen-bond acceptors (Lipinski definition) is 5. The number of ether oxygens (including phenoxy) is 3. The van der Waals surface area contributed by atoms with Crippen LogP contribution in [0, 0.1) is 5.41 Å². The maximum absolute atomic E-state index is 12.9. The van der Waals surface area contributed by atoms with E-state index in [4.69, 9.17) is 14.2 Å². The normalized spacial score (nSPS) is 24.0. The van der Waals surface area contributed by atoms with Crippen molar-refractivity contribution in [3.05, 3.63) is 22.6 Å². The number of esters is 2. The van der Waals surface area contributed by atoms with Crippen LogP contribution in [0.25, 0.3) is 0 Å². The molecule has 6 heteroatoms. The zero-order valence-corrected chi connectivity index (χ0v) is 18.9. The molecule has 152 valence electrons. The van der Waals surface area contributed by atoms with Gasteiger partial charge < -0.3 is 14.2 Å². The van der Waals surface area contributed by atoms with E-state index in [1.54, 1.807) is 13.8 Å². The van der Waals surface area contributed by atoms with E-state index in [-0.39, 0.29) is 13.2 Å². The summed E-state index contributed by atoms with van der Waals surface area (Å²) in [6.45, 7) is 14.9. The van der Waals surface area contributed by atoms with E-state index in [1.165, 1.54) is 0 Å². The Labute approximate surface area is 164 Å². The lowest BCUT2D eigenvalue weighted by Crippen LogP contribution is -2.40. The van der Waals surface area contributed by atoms with Gasteiger partial charge in [-0.3, -0.25) is 9.59 Å². The predicted octanol–water partition coefficient (Wildman–Crippen LogP) is 4.54. The molecule has 1 aliphatic carbocycles. The van der Waals surface area contributed by atoms with E-state index >= 15 is 0 Å². The molecule has 27 heavy (non-hydrogen) atoms. The highest BCUT2D eigenvalue weighted by Gasteiger charge is 2.57. The van der Waals surface area contributed by atoms with Gasteiger partial charge in [-0.15, -0.1) is 0 Å². The number of rotatable bonds is 7. The van der Waals surface area contributed by atoms with Crippen LogP contribution in [0.3, 0.4) is 0 Å². The van der Waals surface area contributed by atoms with Crippen LogP contribution in [0.5, 0.6) is 0 Å². The Bertz CT molecular complexity index is 653. The molecule has 0 aromatic carbocycles. The van der Waals surface area contributed by atoms with Gasteiger partial charge in [0.2, 0.25) is 0 Å². The van der Waals surface area contributed by atoms with Gasteiger partial charge in [0.15, 0.2) is 5.41 Å². The fourth-order valence-electron chi connectivity index (χ4n) is 4.10. The van der Waals surface area contributed by atoms with Crippen molar-refractivity contribution in [1.29, 1.82) is 0 Å². The van der Waals surface area contributed by atoms with Crippen LogP contribution in [0.2, 0.25) is 19.6 Å². The molecular weight excluding hydrogens is 360 g/mol. The number of hydrogen-bond donors (Lipinski definition) is 0. The van der Waals surface area contributed by atoms with Gasteiger partial charge in [-0.25, -0.2) is 0 Å². The number of carbonyl (C=O) groups excluding carboxylic acids is 2. The fourth-order valence-corrected chi connectivity index (χ4v) is 5.80. The topological polar surface area (TPSA) is 61.8 Å². The van der Waals surface area contributed by atoms with Crippen LogP contribution in [-0.4, -0.2) is 38.8 Å². The van der Waals surface area contributed by atoms with Gasteiger partial charge in [-0.05, 0) is 50.8 Å². The van der Waals surface area contributed by atoms with Gasteiger partial charge in [0.05, 0.1) is 18.6 Å². The minimum absolute atomic E-state index is 0.239. The molecule has 5 nitrogen and oxygen atoms in total. The Hall–Kier alpha value is -1.56. The van der Waals surface area contributed by atoms with Crippen molar-refractivity contribution >= 4 is 20.0 Å². The van der Waals surface area contributed by atoms with E-state index in [1.807, 2.05) is 0 Å². The predicted molar refractivity (Wildman–Crippen MR) is 108 cm³/mol. The van der Waals surface area contributed by atoms with E-state index in [2.05, 4.69) is 39.6 Å². The van der Waals surface area contributed by atoms with Crippen LogP contribution in [0.1, 0.15) is 53.4 Å². The van der Waals surface area contributed by atoms with Crippen molar-refractivity contribution in [2.24, 2.45) is 5.41 Å². The second-order valence-electron chi connectivity index (χ2n) is 8.77. The maximum atomic E-state index is 12.9. The minimum Gasteiger partial charge on any atom is -0.493 e. The summed E-state index contributed by atoms with van der Waals surface area (Å²) in [6.07, 6.45) is 4.64. The molecule has 2 aliphatic rings. The second kappa shape index (κ2) is 7.82. The monoisotopic (exact) mass is 394 g/mol. The Kier molecular flexibility index (Phi) is 6.29. The molecule has 1 heterocycles. The highest BCUT2D eigenvalue weighted by molar-refractivity contribution is 6.82. The highest BCUT2D eigenvalue weighted by atomic mass is 28.3. The van der Waals surface area contributed by atoms with Gasteiger partial charge in [-0.1, -0.05) is 33.0 Å². The van der Waals surface area contributed by atoms with E-state index in [0.29, 0.717) is 12.8 Å². The Balaban J connectivity index is 2.59. The lowest BCUT2D eigenvalue weighted by molar-refractivity contribution is -0.171. The summed E-state index contributed by atoms with van der Waals surface area (Å²) in [5, 5.41) is 1.01. The molecule has 0 saturated heterocycles. The molecule has 0 amide bonds. The van der Waals surface area contributed by atoms with Crippen molar-refractivity contribution in [3.63, 3.8) is 0 Å². The van der Waals surface area contributed by atoms with Gasteiger partial charge in [-0.2, -0.15) is 0 Å². The van der Waals surface area contributed by atoms with Crippen LogP contribution < -0.4 is 0 Å². The lowest BCUT2D eigenvalue weighted by atomic mass is 9.85. The average molecular weight is 395 g/mol. The standard InChI is InChI=1S/C21H34O5Si/c1-8-11-20(4)12-15-13-21(18(22)24-9-2,19(23)25-10-3)14-16(15)17(26-20)27(5,6)7/h12H,8-11,13-14H2,1-7H3. The van der Waals surface area contributed by atoms with E-state index in [9.17, 15) is 9.59 Å². The second-order valence-corrected chi connectivity index (χ2v) is 13.7. The summed E-state index contributed by atoms with van der Waals surface area (Å²) in [7, 11) is -1.82. The molecule has 0 N–H and O–H groups in total. The fraction of sp³-hybridized carbons (Fsp3) is 0.714. The average Bonchev–Trinajstić information content (AvgIpc) is 2.94. The molecule has 1 atom stereocenters. The van der Waals surface area contributed by atoms with Crippen molar-refractivity contribution in [2.75, 3.05) is 13.2 Å². The van der Waals surface area contributed by atoms with Crippen molar-refractivity contribution in [1.82, 2.24) is 0 Å². The van der Waals surface area contributed by atoms with Crippen molar-refractivity contribution < 1.29 is 23.8 Å². The molecule has 0 aromatic rings. The van der Waals surface area contributed by atoms with Gasteiger partial charge in [0.1, 0.15) is 13.7 Å². The summed E-state index contributed by atoms with van der Waals surface area (Å²) < 4.78 is 17.1. The smallest absolute Gasteiger partial charge is 0.324 e. The molecule has 1 saturated carbocycles. The number of fused-ring (bicyclic) bond motifs is 1. The lowest BCUT2D eigenvalue weighted by Gasteiger charge is -2.38. The molecule has 0 bridgehead atoms. The van der Waals surface area contributed by atoms with Crippen molar-refractivity contribution in [3.8, 4) is 0 Å². The summed E-state index contributed by atoms with van der Waals surface area (Å²) >= 11 is 0. The highest BCUT2D eigenvalue weighted by Crippen LogP contribution is 2.53. The first-order valence-electron chi connectivity index (χ1n) is 10.0. The minimum atomic E-state index is -1.82. The molecule has 2 rings (SSSR count). The molecule has 1 unspecified atom stereocenters. The summed E-state index contributed by atoms with van der Waals surface area (Å²) in [5.41, 5.74) is 0.376.